The predicted molar refractivity (Wildman–Crippen MR) is 94.2 cm³/mol. The molecule has 9 heteroatoms. The van der Waals surface area contributed by atoms with E-state index in [-0.39, 0.29) is 5.91 Å². The molecule has 1 aliphatic heterocycles. The van der Waals surface area contributed by atoms with Crippen LogP contribution >= 0.6 is 0 Å². The minimum atomic E-state index is -0.0188. The molecule has 1 heterocycles. The molecule has 0 saturated carbocycles. The summed E-state index contributed by atoms with van der Waals surface area (Å²) in [4.78, 5) is 13.3. The highest BCUT2D eigenvalue weighted by Gasteiger charge is 2.13. The van der Waals surface area contributed by atoms with Crippen LogP contribution in [0.3, 0.4) is 0 Å². The van der Waals surface area contributed by atoms with Gasteiger partial charge >= 0.3 is 0 Å². The number of nitrogens with one attached hydrogen (secondary N) is 1. The van der Waals surface area contributed by atoms with Gasteiger partial charge in [0.1, 0.15) is 0 Å². The van der Waals surface area contributed by atoms with Gasteiger partial charge in [-0.2, -0.15) is 0 Å². The molecule has 3 N–H and O–H groups in total. The van der Waals surface area contributed by atoms with Gasteiger partial charge in [0.2, 0.25) is 5.91 Å². The molecule has 1 amide bonds. The molecule has 1 saturated heterocycles. The summed E-state index contributed by atoms with van der Waals surface area (Å²) >= 11 is 0. The van der Waals surface area contributed by atoms with Crippen molar-refractivity contribution in [3.05, 3.63) is 0 Å². The molecule has 0 aliphatic carbocycles. The molecule has 0 radical (unpaired) electrons. The summed E-state index contributed by atoms with van der Waals surface area (Å²) in [6.45, 7) is 9.15. The summed E-state index contributed by atoms with van der Waals surface area (Å²) in [6, 6.07) is 0. The van der Waals surface area contributed by atoms with Crippen LogP contribution in [0.1, 0.15) is 6.42 Å². The molecule has 148 valence electrons. The average molecular weight is 362 g/mol. The summed E-state index contributed by atoms with van der Waals surface area (Å²) in [5.74, 6) is 5.70. The van der Waals surface area contributed by atoms with E-state index in [9.17, 15) is 4.79 Å². The fourth-order valence-corrected chi connectivity index (χ4v) is 2.23. The third-order valence-electron chi connectivity index (χ3n) is 3.83. The number of hydrogen-bond acceptors (Lipinski definition) is 8. The van der Waals surface area contributed by atoms with Crippen LogP contribution in [-0.4, -0.2) is 108 Å². The van der Waals surface area contributed by atoms with Gasteiger partial charge in [0.05, 0.1) is 52.9 Å². The fourth-order valence-electron chi connectivity index (χ4n) is 2.23. The van der Waals surface area contributed by atoms with E-state index in [1.165, 1.54) is 0 Å². The van der Waals surface area contributed by atoms with Crippen molar-refractivity contribution in [3.63, 3.8) is 0 Å². The van der Waals surface area contributed by atoms with Gasteiger partial charge in [-0.25, -0.2) is 5.01 Å². The van der Waals surface area contributed by atoms with E-state index in [0.717, 1.165) is 39.3 Å². The second kappa shape index (κ2) is 15.4. The summed E-state index contributed by atoms with van der Waals surface area (Å²) in [5.41, 5.74) is 0. The lowest BCUT2D eigenvalue weighted by Gasteiger charge is -2.31. The normalized spacial score (nSPS) is 16.2. The number of carbonyl (C=O) groups excluding carboxylic acids is 1. The second-order valence-corrected chi connectivity index (χ2v) is 5.75. The van der Waals surface area contributed by atoms with Crippen LogP contribution in [0.15, 0.2) is 0 Å². The minimum absolute atomic E-state index is 0.0188. The molecule has 0 spiro atoms. The number of rotatable bonds is 15. The molecule has 9 nitrogen and oxygen atoms in total. The molecule has 0 atom stereocenters. The monoisotopic (exact) mass is 362 g/mol. The maximum Gasteiger partial charge on any atom is 0.222 e. The molecule has 1 rings (SSSR count). The number of carbonyl (C=O) groups is 1. The Kier molecular flexibility index (Phi) is 13.7. The van der Waals surface area contributed by atoms with Crippen LogP contribution < -0.4 is 11.2 Å². The maximum atomic E-state index is 10.9. The first-order valence-electron chi connectivity index (χ1n) is 8.96. The average Bonchev–Trinajstić information content (AvgIpc) is 2.63. The van der Waals surface area contributed by atoms with Gasteiger partial charge in [-0.1, -0.05) is 0 Å². The molecule has 0 aromatic carbocycles. The summed E-state index contributed by atoms with van der Waals surface area (Å²) in [7, 11) is 1.61. The van der Waals surface area contributed by atoms with Gasteiger partial charge < -0.3 is 24.3 Å². The number of ether oxygens (including phenoxy) is 4. The first kappa shape index (κ1) is 22.2. The topological polar surface area (TPSA) is 98.5 Å². The van der Waals surface area contributed by atoms with Crippen molar-refractivity contribution in [1.29, 1.82) is 0 Å². The number of hydrazine groups is 1. The minimum Gasteiger partial charge on any atom is -0.379 e. The maximum absolute atomic E-state index is 10.9. The van der Waals surface area contributed by atoms with E-state index in [1.54, 1.807) is 7.05 Å². The highest BCUT2D eigenvalue weighted by Crippen LogP contribution is 1.96. The number of nitrogens with zero attached hydrogens (tertiary/aromatic N) is 2. The SMILES string of the molecule is CNC(=O)CCOCCOCCOCCOCCN1CCN(N)CC1. The number of piperazine rings is 1. The largest absolute Gasteiger partial charge is 0.379 e. The smallest absolute Gasteiger partial charge is 0.222 e. The molecule has 1 aliphatic rings. The van der Waals surface area contributed by atoms with Crippen molar-refractivity contribution in [1.82, 2.24) is 15.2 Å². The molecule has 0 unspecified atom stereocenters. The van der Waals surface area contributed by atoms with Crippen molar-refractivity contribution in [2.45, 2.75) is 6.42 Å². The Labute approximate surface area is 150 Å². The van der Waals surface area contributed by atoms with Crippen molar-refractivity contribution in [2.75, 3.05) is 92.6 Å². The van der Waals surface area contributed by atoms with Gasteiger partial charge in [-0.05, 0) is 0 Å². The highest BCUT2D eigenvalue weighted by molar-refractivity contribution is 5.75. The standard InChI is InChI=1S/C16H34N4O5/c1-18-16(21)2-8-22-10-12-24-14-15-25-13-11-23-9-7-19-3-5-20(17)6-4-19/h2-15,17H2,1H3,(H,18,21). The van der Waals surface area contributed by atoms with E-state index in [0.29, 0.717) is 52.7 Å². The van der Waals surface area contributed by atoms with E-state index in [4.69, 9.17) is 24.8 Å². The molecular weight excluding hydrogens is 328 g/mol. The van der Waals surface area contributed by atoms with Gasteiger partial charge in [0.25, 0.3) is 0 Å². The molecule has 25 heavy (non-hydrogen) atoms. The quantitative estimate of drug-likeness (QED) is 0.273. The van der Waals surface area contributed by atoms with E-state index < -0.39 is 0 Å². The molecule has 0 aromatic rings. The van der Waals surface area contributed by atoms with Gasteiger partial charge in [-0.3, -0.25) is 15.5 Å². The zero-order chi connectivity index (χ0) is 18.2. The van der Waals surface area contributed by atoms with Crippen LogP contribution in [0.2, 0.25) is 0 Å². The van der Waals surface area contributed by atoms with Crippen LogP contribution in [0.4, 0.5) is 0 Å². The van der Waals surface area contributed by atoms with Gasteiger partial charge in [-0.15, -0.1) is 0 Å². The van der Waals surface area contributed by atoms with Crippen LogP contribution in [0.5, 0.6) is 0 Å². The second-order valence-electron chi connectivity index (χ2n) is 5.75. The Balaban J connectivity index is 1.71. The number of nitrogens with two attached hydrogens (primary N) is 1. The van der Waals surface area contributed by atoms with Crippen LogP contribution in [0.25, 0.3) is 0 Å². The zero-order valence-electron chi connectivity index (χ0n) is 15.4. The third-order valence-corrected chi connectivity index (χ3v) is 3.83. The third kappa shape index (κ3) is 13.1. The van der Waals surface area contributed by atoms with E-state index in [1.807, 2.05) is 5.01 Å². The summed E-state index contributed by atoms with van der Waals surface area (Å²) < 4.78 is 21.6. The van der Waals surface area contributed by atoms with Crippen LogP contribution in [0, 0.1) is 0 Å². The lowest BCUT2D eigenvalue weighted by Crippen LogP contribution is -2.50. The Morgan fingerprint density at radius 1 is 0.840 bits per heavy atom. The van der Waals surface area contributed by atoms with Gasteiger partial charge in [0, 0.05) is 46.2 Å². The molecular formula is C16H34N4O5. The van der Waals surface area contributed by atoms with Crippen molar-refractivity contribution >= 4 is 5.91 Å². The Bertz CT molecular complexity index is 328. The lowest BCUT2D eigenvalue weighted by atomic mass is 10.3. The predicted octanol–water partition coefficient (Wildman–Crippen LogP) is -1.32. The first-order chi connectivity index (χ1) is 12.2. The first-order valence-corrected chi connectivity index (χ1v) is 8.96. The van der Waals surface area contributed by atoms with Crippen molar-refractivity contribution < 1.29 is 23.7 Å². The van der Waals surface area contributed by atoms with Crippen LogP contribution in [-0.2, 0) is 23.7 Å². The summed E-state index contributed by atoms with van der Waals surface area (Å²) in [6.07, 6.45) is 0.378. The Hall–Kier alpha value is -0.810. The Morgan fingerprint density at radius 2 is 1.32 bits per heavy atom. The number of amides is 1. The van der Waals surface area contributed by atoms with E-state index in [2.05, 4.69) is 10.2 Å². The number of hydrogen-bond donors (Lipinski definition) is 2. The fraction of sp³-hybridized carbons (Fsp3) is 0.938. The zero-order valence-corrected chi connectivity index (χ0v) is 15.4. The molecule has 0 aromatic heterocycles. The van der Waals surface area contributed by atoms with E-state index >= 15 is 0 Å². The van der Waals surface area contributed by atoms with Crippen molar-refractivity contribution in [2.24, 2.45) is 5.84 Å². The lowest BCUT2D eigenvalue weighted by molar-refractivity contribution is -0.121. The summed E-state index contributed by atoms with van der Waals surface area (Å²) in [5, 5.41) is 4.39. The molecule has 0 bridgehead atoms. The Morgan fingerprint density at radius 3 is 1.84 bits per heavy atom. The van der Waals surface area contributed by atoms with Gasteiger partial charge in [0.15, 0.2) is 0 Å². The van der Waals surface area contributed by atoms with Crippen molar-refractivity contribution in [3.8, 4) is 0 Å². The molecule has 1 fully saturated rings. The highest BCUT2D eigenvalue weighted by atomic mass is 16.6.